The van der Waals surface area contributed by atoms with Gasteiger partial charge in [0.15, 0.2) is 5.69 Å². The molecule has 3 aromatic rings. The van der Waals surface area contributed by atoms with Crippen molar-refractivity contribution >= 4 is 16.7 Å². The summed E-state index contributed by atoms with van der Waals surface area (Å²) >= 11 is 0. The lowest BCUT2D eigenvalue weighted by molar-refractivity contribution is -0.0754. The number of fused-ring (bicyclic) bond motifs is 2. The molecule has 1 saturated heterocycles. The van der Waals surface area contributed by atoms with Crippen LogP contribution in [-0.4, -0.2) is 45.9 Å². The topological polar surface area (TPSA) is 64.4 Å². The molecular weight excluding hydrogens is 366 g/mol. The van der Waals surface area contributed by atoms with Crippen molar-refractivity contribution < 1.29 is 9.53 Å². The molecule has 6 nitrogen and oxygen atoms in total. The summed E-state index contributed by atoms with van der Waals surface area (Å²) in [5.74, 6) is -0.119. The summed E-state index contributed by atoms with van der Waals surface area (Å²) in [4.78, 5) is 28.6. The van der Waals surface area contributed by atoms with Gasteiger partial charge in [0.2, 0.25) is 0 Å². The highest BCUT2D eigenvalue weighted by molar-refractivity contribution is 6.05. The fourth-order valence-corrected chi connectivity index (χ4v) is 4.58. The smallest absolute Gasteiger partial charge is 0.279 e. The van der Waals surface area contributed by atoms with Gasteiger partial charge in [-0.05, 0) is 31.0 Å². The Morgan fingerprint density at radius 1 is 0.966 bits per heavy atom. The molecular formula is C23H23N3O3. The summed E-state index contributed by atoms with van der Waals surface area (Å²) < 4.78 is 7.27. The summed E-state index contributed by atoms with van der Waals surface area (Å²) in [5, 5.41) is 5.66. The largest absolute Gasteiger partial charge is 0.374 e. The molecule has 2 heterocycles. The highest BCUT2D eigenvalue weighted by Crippen LogP contribution is 2.30. The number of nitrogens with zero attached hydrogens (tertiary/aromatic N) is 3. The van der Waals surface area contributed by atoms with Crippen molar-refractivity contribution in [2.24, 2.45) is 0 Å². The third kappa shape index (κ3) is 3.13. The van der Waals surface area contributed by atoms with E-state index in [9.17, 15) is 9.59 Å². The molecule has 0 radical (unpaired) electrons. The number of carbonyl (C=O) groups excluding carboxylic acids is 1. The maximum absolute atomic E-state index is 13.7. The quantitative estimate of drug-likeness (QED) is 0.675. The lowest BCUT2D eigenvalue weighted by Crippen LogP contribution is -2.55. The van der Waals surface area contributed by atoms with Crippen molar-refractivity contribution in [3.63, 3.8) is 0 Å². The zero-order valence-corrected chi connectivity index (χ0v) is 16.2. The first kappa shape index (κ1) is 18.1. The van der Waals surface area contributed by atoms with Crippen LogP contribution in [0.3, 0.4) is 0 Å². The van der Waals surface area contributed by atoms with E-state index in [1.165, 1.54) is 4.68 Å². The van der Waals surface area contributed by atoms with E-state index in [1.54, 1.807) is 6.07 Å². The van der Waals surface area contributed by atoms with E-state index < -0.39 is 0 Å². The second-order valence-corrected chi connectivity index (χ2v) is 7.71. The maximum Gasteiger partial charge on any atom is 0.279 e. The van der Waals surface area contributed by atoms with Crippen LogP contribution in [0.5, 0.6) is 0 Å². The Kier molecular flexibility index (Phi) is 4.64. The predicted octanol–water partition coefficient (Wildman–Crippen LogP) is 3.17. The molecule has 0 unspecified atom stereocenters. The molecule has 1 amide bonds. The number of aromatic nitrogens is 2. The van der Waals surface area contributed by atoms with Gasteiger partial charge in [-0.2, -0.15) is 9.78 Å². The van der Waals surface area contributed by atoms with Crippen LogP contribution in [0.25, 0.3) is 16.5 Å². The summed E-state index contributed by atoms with van der Waals surface area (Å²) in [6.45, 7) is 1.10. The first-order chi connectivity index (χ1) is 14.2. The molecule has 6 heteroatoms. The van der Waals surface area contributed by atoms with E-state index in [4.69, 9.17) is 4.74 Å². The minimum atomic E-state index is -0.221. The minimum absolute atomic E-state index is 0.0858. The van der Waals surface area contributed by atoms with Crippen molar-refractivity contribution in [2.45, 2.75) is 37.8 Å². The molecule has 0 N–H and O–H groups in total. The zero-order valence-electron chi connectivity index (χ0n) is 16.2. The van der Waals surface area contributed by atoms with Crippen molar-refractivity contribution in [1.82, 2.24) is 14.7 Å². The molecule has 1 aliphatic heterocycles. The molecule has 2 aliphatic rings. The molecule has 1 aromatic heterocycles. The molecule has 29 heavy (non-hydrogen) atoms. The molecule has 2 aromatic carbocycles. The highest BCUT2D eigenvalue weighted by Gasteiger charge is 2.38. The number of ether oxygens (including phenoxy) is 1. The standard InChI is InChI=1S/C23H23N3O3/c27-22-18-11-5-4-10-17(18)21(24-26(22)16-8-2-1-3-9-16)23(28)25-14-15-29-20-13-7-6-12-19(20)25/h1-5,8-11,19-20H,6-7,12-15H2/t19-,20+/m1/s1. The van der Waals surface area contributed by atoms with Crippen LogP contribution in [0, 0.1) is 0 Å². The summed E-state index contributed by atoms with van der Waals surface area (Å²) in [6.07, 6.45) is 4.29. The van der Waals surface area contributed by atoms with E-state index in [0.29, 0.717) is 35.3 Å². The SMILES string of the molecule is O=C(c1nn(-c2ccccc2)c(=O)c2ccccc12)N1CCO[C@H]2CCCC[C@H]21. The second-order valence-electron chi connectivity index (χ2n) is 7.71. The molecule has 0 spiro atoms. The van der Waals surface area contributed by atoms with Gasteiger partial charge in [-0.1, -0.05) is 49.2 Å². The summed E-state index contributed by atoms with van der Waals surface area (Å²) in [6, 6.07) is 16.6. The van der Waals surface area contributed by atoms with Gasteiger partial charge in [-0.15, -0.1) is 0 Å². The predicted molar refractivity (Wildman–Crippen MR) is 110 cm³/mol. The molecule has 5 rings (SSSR count). The van der Waals surface area contributed by atoms with Crippen molar-refractivity contribution in [3.8, 4) is 5.69 Å². The monoisotopic (exact) mass is 389 g/mol. The van der Waals surface area contributed by atoms with Crippen LogP contribution in [0.1, 0.15) is 36.2 Å². The number of para-hydroxylation sites is 1. The van der Waals surface area contributed by atoms with E-state index in [0.717, 1.165) is 25.7 Å². The van der Waals surface area contributed by atoms with Crippen LogP contribution in [0.15, 0.2) is 59.4 Å². The van der Waals surface area contributed by atoms with Gasteiger partial charge in [0.25, 0.3) is 11.5 Å². The Labute approximate surface area is 168 Å². The number of carbonyl (C=O) groups is 1. The van der Waals surface area contributed by atoms with Crippen LogP contribution in [0.4, 0.5) is 0 Å². The molecule has 1 saturated carbocycles. The normalized spacial score (nSPS) is 21.7. The average Bonchev–Trinajstić information content (AvgIpc) is 2.79. The summed E-state index contributed by atoms with van der Waals surface area (Å²) in [5.41, 5.74) is 0.756. The lowest BCUT2D eigenvalue weighted by Gasteiger charge is -2.43. The van der Waals surface area contributed by atoms with Gasteiger partial charge >= 0.3 is 0 Å². The van der Waals surface area contributed by atoms with E-state index in [1.807, 2.05) is 53.4 Å². The highest BCUT2D eigenvalue weighted by atomic mass is 16.5. The Morgan fingerprint density at radius 2 is 1.69 bits per heavy atom. The number of rotatable bonds is 2. The Hall–Kier alpha value is -2.99. The van der Waals surface area contributed by atoms with E-state index >= 15 is 0 Å². The van der Waals surface area contributed by atoms with Gasteiger partial charge in [-0.3, -0.25) is 9.59 Å². The third-order valence-corrected chi connectivity index (χ3v) is 6.00. The van der Waals surface area contributed by atoms with Crippen LogP contribution >= 0.6 is 0 Å². The fourth-order valence-electron chi connectivity index (χ4n) is 4.58. The lowest BCUT2D eigenvalue weighted by atomic mass is 9.90. The van der Waals surface area contributed by atoms with Gasteiger partial charge < -0.3 is 9.64 Å². The first-order valence-electron chi connectivity index (χ1n) is 10.2. The Balaban J connectivity index is 1.65. The number of amides is 1. The first-order valence-corrected chi connectivity index (χ1v) is 10.2. The van der Waals surface area contributed by atoms with Gasteiger partial charge in [0, 0.05) is 11.9 Å². The van der Waals surface area contributed by atoms with Crippen LogP contribution in [0.2, 0.25) is 0 Å². The average molecular weight is 389 g/mol. The fraction of sp³-hybridized carbons (Fsp3) is 0.348. The second kappa shape index (κ2) is 7.44. The number of benzene rings is 2. The van der Waals surface area contributed by atoms with Gasteiger partial charge in [-0.25, -0.2) is 0 Å². The zero-order chi connectivity index (χ0) is 19.8. The number of hydrogen-bond donors (Lipinski definition) is 0. The van der Waals surface area contributed by atoms with E-state index in [2.05, 4.69) is 5.10 Å². The molecule has 2 fully saturated rings. The van der Waals surface area contributed by atoms with Gasteiger partial charge in [0.1, 0.15) is 0 Å². The van der Waals surface area contributed by atoms with Crippen LogP contribution in [-0.2, 0) is 4.74 Å². The summed E-state index contributed by atoms with van der Waals surface area (Å²) in [7, 11) is 0. The maximum atomic E-state index is 13.7. The molecule has 1 aliphatic carbocycles. The van der Waals surface area contributed by atoms with Crippen molar-refractivity contribution in [2.75, 3.05) is 13.2 Å². The third-order valence-electron chi connectivity index (χ3n) is 6.00. The van der Waals surface area contributed by atoms with Gasteiger partial charge in [0.05, 0.1) is 29.8 Å². The van der Waals surface area contributed by atoms with Crippen molar-refractivity contribution in [3.05, 3.63) is 70.6 Å². The number of morpholine rings is 1. The molecule has 2 atom stereocenters. The van der Waals surface area contributed by atoms with Crippen LogP contribution < -0.4 is 5.56 Å². The Morgan fingerprint density at radius 3 is 2.52 bits per heavy atom. The minimum Gasteiger partial charge on any atom is -0.374 e. The molecule has 148 valence electrons. The molecule has 0 bridgehead atoms. The Bertz CT molecular complexity index is 1110. The van der Waals surface area contributed by atoms with Crippen molar-refractivity contribution in [1.29, 1.82) is 0 Å². The number of hydrogen-bond acceptors (Lipinski definition) is 4. The van der Waals surface area contributed by atoms with E-state index in [-0.39, 0.29) is 23.6 Å².